The van der Waals surface area contributed by atoms with E-state index in [0.717, 1.165) is 48.7 Å². The number of hydrogen-bond acceptors (Lipinski definition) is 2. The Morgan fingerprint density at radius 1 is 0.474 bits per heavy atom. The molecule has 0 bridgehead atoms. The zero-order chi connectivity index (χ0) is 26.8. The van der Waals surface area contributed by atoms with E-state index in [1.165, 1.54) is 45.0 Å². The van der Waals surface area contributed by atoms with Crippen molar-refractivity contribution in [3.63, 3.8) is 0 Å². The topological polar surface area (TPSA) is 35.6 Å². The molecule has 194 valence electrons. The molecule has 0 spiro atoms. The van der Waals surface area contributed by atoms with E-state index in [9.17, 15) is 0 Å². The van der Waals surface area contributed by atoms with Crippen molar-refractivity contribution in [3.05, 3.63) is 129 Å². The molecule has 0 fully saturated rings. The highest BCUT2D eigenvalue weighted by molar-refractivity contribution is 5.37. The first-order valence-electron chi connectivity index (χ1n) is 13.6. The van der Waals surface area contributed by atoms with Gasteiger partial charge < -0.3 is 9.13 Å². The summed E-state index contributed by atoms with van der Waals surface area (Å²) < 4.78 is 4.47. The van der Waals surface area contributed by atoms with Gasteiger partial charge in [-0.05, 0) is 138 Å². The molecule has 4 aromatic heterocycles. The van der Waals surface area contributed by atoms with Gasteiger partial charge in [0.05, 0.1) is 0 Å². The van der Waals surface area contributed by atoms with Crippen molar-refractivity contribution in [2.45, 2.75) is 67.2 Å². The summed E-state index contributed by atoms with van der Waals surface area (Å²) in [7, 11) is 0. The first-order chi connectivity index (χ1) is 18.3. The van der Waals surface area contributed by atoms with E-state index in [1.54, 1.807) is 0 Å². The van der Waals surface area contributed by atoms with Gasteiger partial charge in [-0.3, -0.25) is 0 Å². The third-order valence-electron chi connectivity index (χ3n) is 7.35. The lowest BCUT2D eigenvalue weighted by Crippen LogP contribution is -2.06. The SMILES string of the molecule is Cc1cc(CCc2cccc(CCc3cc(C)cc(-n4c(C)ccc4C)n3)c2)nc(-n2c(C)ccc2C)c1. The molecular weight excluding hydrogens is 464 g/mol. The molecule has 4 heteroatoms. The van der Waals surface area contributed by atoms with E-state index in [0.29, 0.717) is 0 Å². The fourth-order valence-electron chi connectivity index (χ4n) is 5.47. The Morgan fingerprint density at radius 3 is 1.26 bits per heavy atom. The predicted octanol–water partition coefficient (Wildman–Crippen LogP) is 7.48. The summed E-state index contributed by atoms with van der Waals surface area (Å²) in [4.78, 5) is 10.0. The highest BCUT2D eigenvalue weighted by Gasteiger charge is 2.10. The van der Waals surface area contributed by atoms with Crippen molar-refractivity contribution >= 4 is 0 Å². The van der Waals surface area contributed by atoms with Crippen LogP contribution in [0.4, 0.5) is 0 Å². The van der Waals surface area contributed by atoms with Crippen LogP contribution in [0.15, 0.2) is 72.8 Å². The minimum absolute atomic E-state index is 0.926. The Morgan fingerprint density at radius 2 is 0.868 bits per heavy atom. The Labute approximate surface area is 227 Å². The molecular formula is C34H38N4. The van der Waals surface area contributed by atoms with Crippen molar-refractivity contribution in [3.8, 4) is 11.6 Å². The molecule has 0 atom stereocenters. The van der Waals surface area contributed by atoms with Gasteiger partial charge in [-0.15, -0.1) is 0 Å². The molecule has 0 aliphatic carbocycles. The lowest BCUT2D eigenvalue weighted by Gasteiger charge is -2.12. The zero-order valence-corrected chi connectivity index (χ0v) is 23.5. The first-order valence-corrected chi connectivity index (χ1v) is 13.6. The monoisotopic (exact) mass is 502 g/mol. The van der Waals surface area contributed by atoms with Crippen LogP contribution < -0.4 is 0 Å². The number of nitrogens with zero attached hydrogens (tertiary/aromatic N) is 4. The van der Waals surface area contributed by atoms with Crippen molar-refractivity contribution < 1.29 is 0 Å². The predicted molar refractivity (Wildman–Crippen MR) is 157 cm³/mol. The van der Waals surface area contributed by atoms with Crippen LogP contribution in [0.3, 0.4) is 0 Å². The molecule has 5 aromatic rings. The molecule has 0 unspecified atom stereocenters. The van der Waals surface area contributed by atoms with Crippen LogP contribution in [-0.2, 0) is 25.7 Å². The van der Waals surface area contributed by atoms with Gasteiger partial charge in [-0.25, -0.2) is 9.97 Å². The summed E-state index contributed by atoms with van der Waals surface area (Å²) in [5.41, 5.74) is 12.4. The van der Waals surface area contributed by atoms with Crippen LogP contribution in [-0.4, -0.2) is 19.1 Å². The van der Waals surface area contributed by atoms with Crippen LogP contribution in [0, 0.1) is 41.5 Å². The molecule has 5 rings (SSSR count). The molecule has 0 N–H and O–H groups in total. The average molecular weight is 503 g/mol. The minimum atomic E-state index is 0.926. The largest absolute Gasteiger partial charge is 0.303 e. The van der Waals surface area contributed by atoms with E-state index in [1.807, 2.05) is 0 Å². The van der Waals surface area contributed by atoms with Crippen LogP contribution in [0.1, 0.15) is 56.4 Å². The van der Waals surface area contributed by atoms with Crippen LogP contribution in [0.25, 0.3) is 11.6 Å². The highest BCUT2D eigenvalue weighted by atomic mass is 15.1. The molecule has 0 aliphatic rings. The molecule has 0 aliphatic heterocycles. The van der Waals surface area contributed by atoms with Gasteiger partial charge in [0, 0.05) is 34.2 Å². The van der Waals surface area contributed by atoms with E-state index in [-0.39, 0.29) is 0 Å². The smallest absolute Gasteiger partial charge is 0.137 e. The van der Waals surface area contributed by atoms with E-state index >= 15 is 0 Å². The van der Waals surface area contributed by atoms with E-state index < -0.39 is 0 Å². The Kier molecular flexibility index (Phi) is 7.33. The second-order valence-corrected chi connectivity index (χ2v) is 10.7. The maximum absolute atomic E-state index is 5.01. The molecule has 0 saturated carbocycles. The summed E-state index contributed by atoms with van der Waals surface area (Å²) in [6.07, 6.45) is 3.81. The van der Waals surface area contributed by atoms with Crippen LogP contribution in [0.2, 0.25) is 0 Å². The fourth-order valence-corrected chi connectivity index (χ4v) is 5.47. The summed E-state index contributed by atoms with van der Waals surface area (Å²) >= 11 is 0. The number of pyridine rings is 2. The van der Waals surface area contributed by atoms with Gasteiger partial charge in [0.2, 0.25) is 0 Å². The molecule has 0 saturated heterocycles. The summed E-state index contributed by atoms with van der Waals surface area (Å²) in [6.45, 7) is 12.9. The zero-order valence-electron chi connectivity index (χ0n) is 23.5. The lowest BCUT2D eigenvalue weighted by molar-refractivity contribution is 0.851. The third kappa shape index (κ3) is 5.65. The highest BCUT2D eigenvalue weighted by Crippen LogP contribution is 2.20. The van der Waals surface area contributed by atoms with Crippen LogP contribution >= 0.6 is 0 Å². The van der Waals surface area contributed by atoms with Gasteiger partial charge in [-0.2, -0.15) is 0 Å². The minimum Gasteiger partial charge on any atom is -0.303 e. The second-order valence-electron chi connectivity index (χ2n) is 10.7. The molecule has 38 heavy (non-hydrogen) atoms. The van der Waals surface area contributed by atoms with Gasteiger partial charge in [-0.1, -0.05) is 24.3 Å². The molecule has 0 radical (unpaired) electrons. The first kappa shape index (κ1) is 25.7. The summed E-state index contributed by atoms with van der Waals surface area (Å²) in [5, 5.41) is 0. The van der Waals surface area contributed by atoms with Gasteiger partial charge in [0.15, 0.2) is 0 Å². The van der Waals surface area contributed by atoms with E-state index in [2.05, 4.69) is 123 Å². The molecule has 1 aromatic carbocycles. The number of hydrogen-bond donors (Lipinski definition) is 0. The van der Waals surface area contributed by atoms with Gasteiger partial charge >= 0.3 is 0 Å². The summed E-state index contributed by atoms with van der Waals surface area (Å²) in [5.74, 6) is 2.04. The lowest BCUT2D eigenvalue weighted by atomic mass is 10.0. The Hall–Kier alpha value is -3.92. The number of rotatable bonds is 8. The quantitative estimate of drug-likeness (QED) is 0.220. The fraction of sp³-hybridized carbons (Fsp3) is 0.294. The van der Waals surface area contributed by atoms with E-state index in [4.69, 9.17) is 9.97 Å². The van der Waals surface area contributed by atoms with Gasteiger partial charge in [0.1, 0.15) is 11.6 Å². The van der Waals surface area contributed by atoms with Crippen LogP contribution in [0.5, 0.6) is 0 Å². The Balaban J connectivity index is 1.27. The van der Waals surface area contributed by atoms with Gasteiger partial charge in [0.25, 0.3) is 0 Å². The second kappa shape index (κ2) is 10.8. The van der Waals surface area contributed by atoms with Crippen molar-refractivity contribution in [1.82, 2.24) is 19.1 Å². The number of benzene rings is 1. The third-order valence-corrected chi connectivity index (χ3v) is 7.35. The average Bonchev–Trinajstić information content (AvgIpc) is 3.40. The number of aromatic nitrogens is 4. The molecule has 0 amide bonds. The summed E-state index contributed by atoms with van der Waals surface area (Å²) in [6, 6.07) is 26.4. The van der Waals surface area contributed by atoms with Crippen molar-refractivity contribution in [2.75, 3.05) is 0 Å². The number of aryl methyl sites for hydroxylation is 10. The maximum Gasteiger partial charge on any atom is 0.137 e. The Bertz CT molecular complexity index is 1430. The standard InChI is InChI=1S/C34H38N4/c1-23-18-31(35-33(20-23)37-25(3)10-11-26(37)4)16-14-29-8-7-9-30(22-29)15-17-32-19-24(2)21-34(36-32)38-27(5)12-13-28(38)6/h7-13,18-22H,14-17H2,1-6H3. The maximum atomic E-state index is 5.01. The normalized spacial score (nSPS) is 11.3. The molecule has 4 heterocycles. The van der Waals surface area contributed by atoms with Crippen molar-refractivity contribution in [1.29, 1.82) is 0 Å². The van der Waals surface area contributed by atoms with Crippen molar-refractivity contribution in [2.24, 2.45) is 0 Å². The molecule has 4 nitrogen and oxygen atoms in total.